The Morgan fingerprint density at radius 1 is 0.970 bits per heavy atom. The molecule has 0 aliphatic carbocycles. The molecule has 8 nitrogen and oxygen atoms in total. The first-order valence-corrected chi connectivity index (χ1v) is 10.7. The quantitative estimate of drug-likeness (QED) is 0.445. The average Bonchev–Trinajstić information content (AvgIpc) is 3.25. The molecule has 170 valence electrons. The van der Waals surface area contributed by atoms with Crippen LogP contribution in [0.4, 0.5) is 0 Å². The second kappa shape index (κ2) is 9.68. The minimum Gasteiger partial charge on any atom is -0.497 e. The van der Waals surface area contributed by atoms with E-state index in [1.165, 1.54) is 11.1 Å². The molecule has 2 aromatic carbocycles. The van der Waals surface area contributed by atoms with Gasteiger partial charge in [0.2, 0.25) is 5.91 Å². The topological polar surface area (TPSA) is 90.6 Å². The number of hydrogen-bond acceptors (Lipinski definition) is 6. The van der Waals surface area contributed by atoms with Crippen LogP contribution in [0.25, 0.3) is 16.9 Å². The normalized spacial score (nSPS) is 10.9. The van der Waals surface area contributed by atoms with Gasteiger partial charge in [-0.15, -0.1) is 10.2 Å². The Kier molecular flexibility index (Phi) is 6.53. The second-order valence-corrected chi connectivity index (χ2v) is 7.86. The molecule has 0 radical (unpaired) electrons. The highest BCUT2D eigenvalue weighted by atomic mass is 16.5. The van der Waals surface area contributed by atoms with E-state index in [1.54, 1.807) is 24.8 Å². The van der Waals surface area contributed by atoms with Gasteiger partial charge in [-0.3, -0.25) is 4.79 Å². The Labute approximate surface area is 192 Å². The lowest BCUT2D eigenvalue weighted by Crippen LogP contribution is -2.23. The molecule has 0 aliphatic heterocycles. The molecule has 0 saturated heterocycles. The lowest BCUT2D eigenvalue weighted by atomic mass is 10.0. The van der Waals surface area contributed by atoms with E-state index in [2.05, 4.69) is 47.6 Å². The molecule has 2 heterocycles. The van der Waals surface area contributed by atoms with E-state index in [-0.39, 0.29) is 12.3 Å². The van der Waals surface area contributed by atoms with E-state index in [1.807, 2.05) is 24.3 Å². The highest BCUT2D eigenvalue weighted by Gasteiger charge is 2.12. The van der Waals surface area contributed by atoms with Crippen molar-refractivity contribution in [2.24, 2.45) is 0 Å². The summed E-state index contributed by atoms with van der Waals surface area (Å²) in [7, 11) is 3.19. The first kappa shape index (κ1) is 22.3. The summed E-state index contributed by atoms with van der Waals surface area (Å²) in [5.41, 5.74) is 5.85. The largest absolute Gasteiger partial charge is 0.497 e. The van der Waals surface area contributed by atoms with Gasteiger partial charge in [-0.05, 0) is 55.3 Å². The third-order valence-corrected chi connectivity index (χ3v) is 5.68. The van der Waals surface area contributed by atoms with Gasteiger partial charge in [0.1, 0.15) is 11.5 Å². The molecule has 1 amide bonds. The van der Waals surface area contributed by atoms with Crippen molar-refractivity contribution in [3.05, 3.63) is 71.0 Å². The molecule has 0 spiro atoms. The van der Waals surface area contributed by atoms with Crippen molar-refractivity contribution < 1.29 is 14.3 Å². The van der Waals surface area contributed by atoms with Crippen LogP contribution < -0.4 is 14.8 Å². The third-order valence-electron chi connectivity index (χ3n) is 5.68. The van der Waals surface area contributed by atoms with Gasteiger partial charge in [-0.1, -0.05) is 12.1 Å². The highest BCUT2D eigenvalue weighted by Crippen LogP contribution is 2.24. The standard InChI is InChI=1S/C25H27N5O3/c1-16-5-6-18(13-17(16)2)21-9-10-23-27-28-24(30(23)29-21)11-12-25(31)26-15-19-7-8-20(32-3)14-22(19)33-4/h5-10,13-14H,11-12,15H2,1-4H3,(H,26,31). The zero-order valence-electron chi connectivity index (χ0n) is 19.3. The van der Waals surface area contributed by atoms with Crippen LogP contribution in [0.5, 0.6) is 11.5 Å². The van der Waals surface area contributed by atoms with Crippen LogP contribution in [0.1, 0.15) is 28.9 Å². The van der Waals surface area contributed by atoms with Crippen LogP contribution in [-0.2, 0) is 17.8 Å². The van der Waals surface area contributed by atoms with Crippen molar-refractivity contribution in [3.8, 4) is 22.8 Å². The van der Waals surface area contributed by atoms with Gasteiger partial charge in [-0.25, -0.2) is 0 Å². The summed E-state index contributed by atoms with van der Waals surface area (Å²) in [5, 5.41) is 16.1. The minimum absolute atomic E-state index is 0.0880. The first-order chi connectivity index (χ1) is 16.0. The van der Waals surface area contributed by atoms with E-state index in [9.17, 15) is 4.79 Å². The van der Waals surface area contributed by atoms with E-state index in [4.69, 9.17) is 14.6 Å². The summed E-state index contributed by atoms with van der Waals surface area (Å²) in [6, 6.07) is 15.6. The van der Waals surface area contributed by atoms with Gasteiger partial charge < -0.3 is 14.8 Å². The lowest BCUT2D eigenvalue weighted by Gasteiger charge is -2.11. The number of fused-ring (bicyclic) bond motifs is 1. The molecule has 8 heteroatoms. The van der Waals surface area contributed by atoms with Gasteiger partial charge in [-0.2, -0.15) is 9.61 Å². The maximum atomic E-state index is 12.5. The van der Waals surface area contributed by atoms with Crippen molar-refractivity contribution in [1.29, 1.82) is 0 Å². The molecular weight excluding hydrogens is 418 g/mol. The van der Waals surface area contributed by atoms with Gasteiger partial charge in [0, 0.05) is 36.6 Å². The van der Waals surface area contributed by atoms with Crippen LogP contribution in [0.3, 0.4) is 0 Å². The highest BCUT2D eigenvalue weighted by molar-refractivity contribution is 5.76. The monoisotopic (exact) mass is 445 g/mol. The van der Waals surface area contributed by atoms with E-state index in [0.29, 0.717) is 35.9 Å². The van der Waals surface area contributed by atoms with E-state index in [0.717, 1.165) is 16.8 Å². The lowest BCUT2D eigenvalue weighted by molar-refractivity contribution is -0.121. The molecule has 0 fully saturated rings. The SMILES string of the molecule is COc1ccc(CNC(=O)CCc2nnc3ccc(-c4ccc(C)c(C)c4)nn23)c(OC)c1. The Bertz CT molecular complexity index is 1300. The Balaban J connectivity index is 1.43. The number of carbonyl (C=O) groups is 1. The number of rotatable bonds is 8. The summed E-state index contributed by atoms with van der Waals surface area (Å²) < 4.78 is 12.3. The van der Waals surface area contributed by atoms with Crippen LogP contribution >= 0.6 is 0 Å². The Hall–Kier alpha value is -3.94. The molecule has 0 unspecified atom stereocenters. The second-order valence-electron chi connectivity index (χ2n) is 7.86. The van der Waals surface area contributed by atoms with Gasteiger partial charge in [0.25, 0.3) is 0 Å². The maximum absolute atomic E-state index is 12.5. The number of hydrogen-bond donors (Lipinski definition) is 1. The van der Waals surface area contributed by atoms with Gasteiger partial charge >= 0.3 is 0 Å². The van der Waals surface area contributed by atoms with Crippen LogP contribution in [0.2, 0.25) is 0 Å². The first-order valence-electron chi connectivity index (χ1n) is 10.7. The molecule has 0 aliphatic rings. The molecule has 1 N–H and O–H groups in total. The van der Waals surface area contributed by atoms with Crippen molar-refractivity contribution >= 4 is 11.6 Å². The third kappa shape index (κ3) is 4.95. The molecule has 2 aromatic heterocycles. The van der Waals surface area contributed by atoms with Crippen molar-refractivity contribution in [2.45, 2.75) is 33.2 Å². The van der Waals surface area contributed by atoms with Crippen LogP contribution in [0.15, 0.2) is 48.5 Å². The number of carbonyl (C=O) groups excluding carboxylic acids is 1. The van der Waals surface area contributed by atoms with Crippen LogP contribution in [0, 0.1) is 13.8 Å². The molecule has 0 bridgehead atoms. The summed E-state index contributed by atoms with van der Waals surface area (Å²) in [6.45, 7) is 4.53. The summed E-state index contributed by atoms with van der Waals surface area (Å²) in [4.78, 5) is 12.5. The number of aromatic nitrogens is 4. The molecular formula is C25H27N5O3. The van der Waals surface area contributed by atoms with Gasteiger partial charge in [0.15, 0.2) is 11.5 Å². The molecule has 4 aromatic rings. The fraction of sp³-hybridized carbons (Fsp3) is 0.280. The number of nitrogens with one attached hydrogen (secondary N) is 1. The molecule has 33 heavy (non-hydrogen) atoms. The molecule has 4 rings (SSSR count). The smallest absolute Gasteiger partial charge is 0.220 e. The maximum Gasteiger partial charge on any atom is 0.220 e. The number of aryl methyl sites for hydroxylation is 3. The van der Waals surface area contributed by atoms with Crippen LogP contribution in [-0.4, -0.2) is 39.9 Å². The fourth-order valence-electron chi connectivity index (χ4n) is 3.55. The average molecular weight is 446 g/mol. The van der Waals surface area contributed by atoms with Crippen molar-refractivity contribution in [1.82, 2.24) is 25.1 Å². The van der Waals surface area contributed by atoms with E-state index < -0.39 is 0 Å². The zero-order valence-corrected chi connectivity index (χ0v) is 19.3. The van der Waals surface area contributed by atoms with Crippen molar-refractivity contribution in [3.63, 3.8) is 0 Å². The van der Waals surface area contributed by atoms with Gasteiger partial charge in [0.05, 0.1) is 19.9 Å². The number of benzene rings is 2. The molecule has 0 saturated carbocycles. The van der Waals surface area contributed by atoms with E-state index >= 15 is 0 Å². The number of ether oxygens (including phenoxy) is 2. The molecule has 0 atom stereocenters. The number of nitrogens with zero attached hydrogens (tertiary/aromatic N) is 4. The predicted molar refractivity (Wildman–Crippen MR) is 125 cm³/mol. The summed E-state index contributed by atoms with van der Waals surface area (Å²) in [6.07, 6.45) is 0.699. The fourth-order valence-corrected chi connectivity index (χ4v) is 3.55. The Morgan fingerprint density at radius 2 is 1.82 bits per heavy atom. The number of methoxy groups -OCH3 is 2. The number of amides is 1. The summed E-state index contributed by atoms with van der Waals surface area (Å²) in [5.74, 6) is 1.93. The van der Waals surface area contributed by atoms with Crippen molar-refractivity contribution in [2.75, 3.05) is 14.2 Å². The summed E-state index contributed by atoms with van der Waals surface area (Å²) >= 11 is 0. The Morgan fingerprint density at radius 3 is 2.58 bits per heavy atom. The minimum atomic E-state index is -0.0880. The zero-order chi connectivity index (χ0) is 23.4. The predicted octanol–water partition coefficient (Wildman–Crippen LogP) is 3.67.